The number of fused-ring (bicyclic) bond motifs is 3. The standard InChI is InChI=1S/C14H15N3O3/c1-19-11-5-8-10(6-12(11)20-2)17-7-9-13(8)15-3-4-16-14(9)18/h5-7,15H,3-4H2,1-2H3,(H,16,18). The quantitative estimate of drug-likeness (QED) is 0.865. The molecule has 2 aromatic rings. The van der Waals surface area contributed by atoms with Crippen LogP contribution in [0.2, 0.25) is 0 Å². The molecule has 1 aromatic heterocycles. The van der Waals surface area contributed by atoms with Gasteiger partial charge < -0.3 is 20.1 Å². The first kappa shape index (κ1) is 12.5. The van der Waals surface area contributed by atoms with E-state index in [1.54, 1.807) is 26.5 Å². The number of carbonyl (C=O) groups excluding carboxylic acids is 1. The number of pyridine rings is 1. The third kappa shape index (κ3) is 1.89. The van der Waals surface area contributed by atoms with Gasteiger partial charge in [-0.1, -0.05) is 0 Å². The van der Waals surface area contributed by atoms with Crippen molar-refractivity contribution in [3.8, 4) is 11.5 Å². The predicted octanol–water partition coefficient (Wildman–Crippen LogP) is 1.41. The molecule has 1 aromatic carbocycles. The molecule has 1 aliphatic heterocycles. The van der Waals surface area contributed by atoms with Crippen LogP contribution in [-0.4, -0.2) is 38.2 Å². The number of rotatable bonds is 2. The molecule has 0 saturated heterocycles. The van der Waals surface area contributed by atoms with Gasteiger partial charge in [0.25, 0.3) is 5.91 Å². The predicted molar refractivity (Wildman–Crippen MR) is 75.7 cm³/mol. The normalized spacial score (nSPS) is 14.0. The number of anilines is 1. The lowest BCUT2D eigenvalue weighted by molar-refractivity contribution is 0.0958. The lowest BCUT2D eigenvalue weighted by atomic mass is 10.1. The van der Waals surface area contributed by atoms with Crippen molar-refractivity contribution in [3.63, 3.8) is 0 Å². The Bertz CT molecular complexity index is 685. The molecule has 20 heavy (non-hydrogen) atoms. The highest BCUT2D eigenvalue weighted by Crippen LogP contribution is 2.36. The molecule has 0 saturated carbocycles. The monoisotopic (exact) mass is 273 g/mol. The maximum absolute atomic E-state index is 12.0. The zero-order valence-electron chi connectivity index (χ0n) is 11.3. The molecule has 3 rings (SSSR count). The van der Waals surface area contributed by atoms with Crippen molar-refractivity contribution in [1.29, 1.82) is 0 Å². The lowest BCUT2D eigenvalue weighted by Gasteiger charge is -2.13. The Morgan fingerprint density at radius 1 is 1.10 bits per heavy atom. The summed E-state index contributed by atoms with van der Waals surface area (Å²) < 4.78 is 10.6. The molecule has 2 N–H and O–H groups in total. The van der Waals surface area contributed by atoms with Crippen molar-refractivity contribution in [3.05, 3.63) is 23.9 Å². The summed E-state index contributed by atoms with van der Waals surface area (Å²) >= 11 is 0. The van der Waals surface area contributed by atoms with Gasteiger partial charge in [-0.3, -0.25) is 9.78 Å². The van der Waals surface area contributed by atoms with Crippen LogP contribution >= 0.6 is 0 Å². The van der Waals surface area contributed by atoms with Crippen LogP contribution < -0.4 is 20.1 Å². The summed E-state index contributed by atoms with van der Waals surface area (Å²) in [5.74, 6) is 1.11. The zero-order valence-corrected chi connectivity index (χ0v) is 11.3. The second kappa shape index (κ2) is 4.88. The van der Waals surface area contributed by atoms with Crippen molar-refractivity contribution in [1.82, 2.24) is 10.3 Å². The first-order chi connectivity index (χ1) is 9.74. The Labute approximate surface area is 116 Å². The van der Waals surface area contributed by atoms with Gasteiger partial charge in [0, 0.05) is 30.7 Å². The van der Waals surface area contributed by atoms with Gasteiger partial charge in [0.05, 0.1) is 31.0 Å². The van der Waals surface area contributed by atoms with Crippen LogP contribution in [0.5, 0.6) is 11.5 Å². The van der Waals surface area contributed by atoms with E-state index < -0.39 is 0 Å². The minimum Gasteiger partial charge on any atom is -0.493 e. The average Bonchev–Trinajstić information content (AvgIpc) is 2.67. The first-order valence-corrected chi connectivity index (χ1v) is 6.31. The number of nitrogens with one attached hydrogen (secondary N) is 2. The van der Waals surface area contributed by atoms with Crippen LogP contribution in [-0.2, 0) is 0 Å². The maximum atomic E-state index is 12.0. The number of methoxy groups -OCH3 is 2. The van der Waals surface area contributed by atoms with Gasteiger partial charge in [-0.2, -0.15) is 0 Å². The molecular weight excluding hydrogens is 258 g/mol. The fraction of sp³-hybridized carbons (Fsp3) is 0.286. The number of nitrogens with zero attached hydrogens (tertiary/aromatic N) is 1. The fourth-order valence-corrected chi connectivity index (χ4v) is 2.34. The molecule has 0 bridgehead atoms. The van der Waals surface area contributed by atoms with Crippen LogP contribution in [0, 0.1) is 0 Å². The molecule has 0 unspecified atom stereocenters. The third-order valence-corrected chi connectivity index (χ3v) is 3.33. The van der Waals surface area contributed by atoms with Gasteiger partial charge in [-0.25, -0.2) is 0 Å². The molecule has 1 amide bonds. The van der Waals surface area contributed by atoms with E-state index in [1.165, 1.54) is 0 Å². The molecule has 0 spiro atoms. The molecule has 0 radical (unpaired) electrons. The van der Waals surface area contributed by atoms with Gasteiger partial charge >= 0.3 is 0 Å². The van der Waals surface area contributed by atoms with E-state index in [1.807, 2.05) is 6.07 Å². The molecule has 6 nitrogen and oxygen atoms in total. The number of amides is 1. The van der Waals surface area contributed by atoms with Crippen molar-refractivity contribution >= 4 is 22.5 Å². The number of aromatic nitrogens is 1. The molecular formula is C14H15N3O3. The molecule has 2 heterocycles. The topological polar surface area (TPSA) is 72.5 Å². The number of hydrogen-bond acceptors (Lipinski definition) is 5. The number of ether oxygens (including phenoxy) is 2. The number of hydrogen-bond donors (Lipinski definition) is 2. The summed E-state index contributed by atoms with van der Waals surface area (Å²) in [4.78, 5) is 16.3. The van der Waals surface area contributed by atoms with E-state index in [-0.39, 0.29) is 5.91 Å². The highest BCUT2D eigenvalue weighted by Gasteiger charge is 2.19. The molecule has 6 heteroatoms. The van der Waals surface area contributed by atoms with Gasteiger partial charge in [0.15, 0.2) is 11.5 Å². The first-order valence-electron chi connectivity index (χ1n) is 6.31. The molecule has 104 valence electrons. The Kier molecular flexibility index (Phi) is 3.06. The highest BCUT2D eigenvalue weighted by atomic mass is 16.5. The second-order valence-corrected chi connectivity index (χ2v) is 4.45. The highest BCUT2D eigenvalue weighted by molar-refractivity contribution is 6.08. The minimum absolute atomic E-state index is 0.116. The Balaban J connectivity index is 2.28. The largest absolute Gasteiger partial charge is 0.493 e. The van der Waals surface area contributed by atoms with Gasteiger partial charge in [0.1, 0.15) is 0 Å². The molecule has 0 atom stereocenters. The van der Waals surface area contributed by atoms with Crippen molar-refractivity contribution in [2.24, 2.45) is 0 Å². The Morgan fingerprint density at radius 3 is 2.55 bits per heavy atom. The van der Waals surface area contributed by atoms with Crippen LogP contribution in [0.4, 0.5) is 5.69 Å². The van der Waals surface area contributed by atoms with Crippen molar-refractivity contribution in [2.45, 2.75) is 0 Å². The van der Waals surface area contributed by atoms with Gasteiger partial charge in [0.2, 0.25) is 0 Å². The van der Waals surface area contributed by atoms with Crippen LogP contribution in [0.3, 0.4) is 0 Å². The second-order valence-electron chi connectivity index (χ2n) is 4.45. The summed E-state index contributed by atoms with van der Waals surface area (Å²) in [5.41, 5.74) is 2.08. The van der Waals surface area contributed by atoms with E-state index in [0.717, 1.165) is 16.6 Å². The minimum atomic E-state index is -0.116. The van der Waals surface area contributed by atoms with Crippen LogP contribution in [0.25, 0.3) is 10.9 Å². The molecule has 1 aliphatic rings. The van der Waals surface area contributed by atoms with E-state index in [2.05, 4.69) is 15.6 Å². The van der Waals surface area contributed by atoms with Gasteiger partial charge in [-0.15, -0.1) is 0 Å². The number of carbonyl (C=O) groups is 1. The zero-order chi connectivity index (χ0) is 14.1. The Hall–Kier alpha value is -2.50. The van der Waals surface area contributed by atoms with Gasteiger partial charge in [-0.05, 0) is 6.07 Å². The van der Waals surface area contributed by atoms with Crippen molar-refractivity contribution in [2.75, 3.05) is 32.6 Å². The third-order valence-electron chi connectivity index (χ3n) is 3.33. The van der Waals surface area contributed by atoms with Crippen molar-refractivity contribution < 1.29 is 14.3 Å². The lowest BCUT2D eigenvalue weighted by Crippen LogP contribution is -2.24. The maximum Gasteiger partial charge on any atom is 0.255 e. The smallest absolute Gasteiger partial charge is 0.255 e. The summed E-state index contributed by atoms with van der Waals surface area (Å²) in [7, 11) is 3.16. The summed E-state index contributed by atoms with van der Waals surface area (Å²) in [6.07, 6.45) is 1.58. The van der Waals surface area contributed by atoms with E-state index >= 15 is 0 Å². The molecule has 0 fully saturated rings. The van der Waals surface area contributed by atoms with Crippen LogP contribution in [0.15, 0.2) is 18.3 Å². The van der Waals surface area contributed by atoms with E-state index in [0.29, 0.717) is 30.2 Å². The summed E-state index contributed by atoms with van der Waals surface area (Å²) in [6, 6.07) is 3.64. The fourth-order valence-electron chi connectivity index (χ4n) is 2.34. The molecule has 0 aliphatic carbocycles. The van der Waals surface area contributed by atoms with Crippen LogP contribution in [0.1, 0.15) is 10.4 Å². The SMILES string of the molecule is COc1cc2ncc3c(c2cc1OC)NCCNC3=O. The Morgan fingerprint density at radius 2 is 1.80 bits per heavy atom. The van der Waals surface area contributed by atoms with E-state index in [4.69, 9.17) is 9.47 Å². The number of benzene rings is 1. The average molecular weight is 273 g/mol. The van der Waals surface area contributed by atoms with E-state index in [9.17, 15) is 4.79 Å². The summed E-state index contributed by atoms with van der Waals surface area (Å²) in [6.45, 7) is 1.26. The summed E-state index contributed by atoms with van der Waals surface area (Å²) in [5, 5.41) is 6.93.